The van der Waals surface area contributed by atoms with Gasteiger partial charge in [-0.25, -0.2) is 0 Å². The summed E-state index contributed by atoms with van der Waals surface area (Å²) in [7, 11) is 0. The number of nitrogens with two attached hydrogens (primary N) is 2. The summed E-state index contributed by atoms with van der Waals surface area (Å²) in [6, 6.07) is 0. The van der Waals surface area contributed by atoms with Crippen LogP contribution >= 0.6 is 0 Å². The molecule has 0 rings (SSSR count). The number of nitrogens with one attached hydrogen (secondary N) is 1. The Hall–Kier alpha value is -0.700. The molecular formula is C15H33N3. The molecule has 0 aromatic heterocycles. The maximum Gasteiger partial charge on any atom is 0.0918 e. The molecule has 0 heterocycles. The summed E-state index contributed by atoms with van der Waals surface area (Å²) in [5.41, 5.74) is 11.2. The van der Waals surface area contributed by atoms with Gasteiger partial charge in [0, 0.05) is 6.54 Å². The first kappa shape index (κ1) is 17.3. The van der Waals surface area contributed by atoms with Crippen molar-refractivity contribution >= 4 is 0 Å². The Morgan fingerprint density at radius 1 is 0.944 bits per heavy atom. The van der Waals surface area contributed by atoms with E-state index in [4.69, 9.17) is 11.5 Å². The molecule has 0 saturated carbocycles. The highest BCUT2D eigenvalue weighted by atomic mass is 15.0. The molecule has 0 unspecified atom stereocenters. The van der Waals surface area contributed by atoms with E-state index in [2.05, 4.69) is 18.3 Å². The van der Waals surface area contributed by atoms with Gasteiger partial charge in [-0.3, -0.25) is 0 Å². The number of rotatable bonds is 13. The van der Waals surface area contributed by atoms with Gasteiger partial charge in [0.2, 0.25) is 0 Å². The predicted molar refractivity (Wildman–Crippen MR) is 81.2 cm³/mol. The molecule has 0 spiro atoms. The van der Waals surface area contributed by atoms with Gasteiger partial charge >= 0.3 is 0 Å². The van der Waals surface area contributed by atoms with Gasteiger partial charge < -0.3 is 16.8 Å². The minimum atomic E-state index is 0.721. The molecule has 18 heavy (non-hydrogen) atoms. The van der Waals surface area contributed by atoms with E-state index < -0.39 is 0 Å². The van der Waals surface area contributed by atoms with Crippen LogP contribution in [0.3, 0.4) is 0 Å². The van der Waals surface area contributed by atoms with E-state index in [9.17, 15) is 0 Å². The molecule has 0 bridgehead atoms. The van der Waals surface area contributed by atoms with Gasteiger partial charge in [-0.1, -0.05) is 51.9 Å². The summed E-state index contributed by atoms with van der Waals surface area (Å²) < 4.78 is 0. The second kappa shape index (κ2) is 14.4. The maximum absolute atomic E-state index is 5.82. The molecule has 0 radical (unpaired) electrons. The molecule has 0 aromatic carbocycles. The fourth-order valence-electron chi connectivity index (χ4n) is 1.94. The SMILES string of the molecule is CCCCCCCCCC/C=C(/N)NCCCN. The van der Waals surface area contributed by atoms with E-state index in [-0.39, 0.29) is 0 Å². The first-order valence-corrected chi connectivity index (χ1v) is 7.70. The van der Waals surface area contributed by atoms with Crippen molar-refractivity contribution in [2.45, 2.75) is 71.1 Å². The lowest BCUT2D eigenvalue weighted by atomic mass is 10.1. The van der Waals surface area contributed by atoms with Gasteiger partial charge in [-0.2, -0.15) is 0 Å². The third-order valence-corrected chi connectivity index (χ3v) is 3.13. The minimum absolute atomic E-state index is 0.721. The van der Waals surface area contributed by atoms with Crippen molar-refractivity contribution in [3.63, 3.8) is 0 Å². The van der Waals surface area contributed by atoms with Gasteiger partial charge in [-0.15, -0.1) is 0 Å². The first-order valence-electron chi connectivity index (χ1n) is 7.70. The molecular weight excluding hydrogens is 222 g/mol. The van der Waals surface area contributed by atoms with E-state index in [0.717, 1.165) is 31.8 Å². The topological polar surface area (TPSA) is 64.1 Å². The third-order valence-electron chi connectivity index (χ3n) is 3.13. The van der Waals surface area contributed by atoms with Crippen LogP contribution in [0.4, 0.5) is 0 Å². The van der Waals surface area contributed by atoms with Crippen molar-refractivity contribution in [3.05, 3.63) is 11.9 Å². The Kier molecular flexibility index (Phi) is 13.8. The first-order chi connectivity index (χ1) is 8.81. The summed E-state index contributed by atoms with van der Waals surface area (Å²) in [5, 5.41) is 3.17. The smallest absolute Gasteiger partial charge is 0.0918 e. The van der Waals surface area contributed by atoms with E-state index in [1.165, 1.54) is 51.4 Å². The van der Waals surface area contributed by atoms with Crippen molar-refractivity contribution in [1.29, 1.82) is 0 Å². The lowest BCUT2D eigenvalue weighted by molar-refractivity contribution is 0.577. The molecule has 5 N–H and O–H groups in total. The molecule has 0 atom stereocenters. The van der Waals surface area contributed by atoms with Gasteiger partial charge in [0.1, 0.15) is 0 Å². The van der Waals surface area contributed by atoms with E-state index in [0.29, 0.717) is 0 Å². The maximum atomic E-state index is 5.82. The Morgan fingerprint density at radius 2 is 1.56 bits per heavy atom. The number of allylic oxidation sites excluding steroid dienone is 1. The van der Waals surface area contributed by atoms with Crippen LogP contribution in [0.2, 0.25) is 0 Å². The molecule has 3 heteroatoms. The average Bonchev–Trinajstić information content (AvgIpc) is 2.37. The number of hydrogen-bond acceptors (Lipinski definition) is 3. The number of hydrogen-bond donors (Lipinski definition) is 3. The van der Waals surface area contributed by atoms with Crippen molar-refractivity contribution in [2.24, 2.45) is 11.5 Å². The summed E-state index contributed by atoms with van der Waals surface area (Å²) in [5.74, 6) is 0.811. The van der Waals surface area contributed by atoms with Crippen LogP contribution in [-0.2, 0) is 0 Å². The monoisotopic (exact) mass is 255 g/mol. The fraction of sp³-hybridized carbons (Fsp3) is 0.867. The molecule has 0 aromatic rings. The van der Waals surface area contributed by atoms with Crippen LogP contribution in [0.1, 0.15) is 71.1 Å². The Balaban J connectivity index is 3.20. The van der Waals surface area contributed by atoms with Crippen LogP contribution in [0.25, 0.3) is 0 Å². The lowest BCUT2D eigenvalue weighted by Gasteiger charge is -2.05. The Labute approximate surface area is 113 Å². The molecule has 0 aliphatic carbocycles. The zero-order valence-corrected chi connectivity index (χ0v) is 12.2. The van der Waals surface area contributed by atoms with Crippen molar-refractivity contribution in [1.82, 2.24) is 5.32 Å². The number of unbranched alkanes of at least 4 members (excludes halogenated alkanes) is 8. The van der Waals surface area contributed by atoms with Crippen molar-refractivity contribution in [3.8, 4) is 0 Å². The second-order valence-corrected chi connectivity index (χ2v) is 4.99. The Bertz CT molecular complexity index is 190. The van der Waals surface area contributed by atoms with Crippen molar-refractivity contribution < 1.29 is 0 Å². The normalized spacial score (nSPS) is 11.8. The largest absolute Gasteiger partial charge is 0.386 e. The highest BCUT2D eigenvalue weighted by molar-refractivity contribution is 4.93. The predicted octanol–water partition coefficient (Wildman–Crippen LogP) is 3.26. The fourth-order valence-corrected chi connectivity index (χ4v) is 1.94. The van der Waals surface area contributed by atoms with Crippen molar-refractivity contribution in [2.75, 3.05) is 13.1 Å². The highest BCUT2D eigenvalue weighted by Gasteiger charge is 1.92. The van der Waals surface area contributed by atoms with Crippen LogP contribution in [0.5, 0.6) is 0 Å². The van der Waals surface area contributed by atoms with E-state index in [1.54, 1.807) is 0 Å². The minimum Gasteiger partial charge on any atom is -0.386 e. The van der Waals surface area contributed by atoms with Gasteiger partial charge in [0.05, 0.1) is 5.82 Å². The molecule has 0 amide bonds. The zero-order chi connectivity index (χ0) is 13.5. The summed E-state index contributed by atoms with van der Waals surface area (Å²) in [4.78, 5) is 0. The third kappa shape index (κ3) is 13.4. The summed E-state index contributed by atoms with van der Waals surface area (Å²) in [6.45, 7) is 3.87. The van der Waals surface area contributed by atoms with E-state index >= 15 is 0 Å². The van der Waals surface area contributed by atoms with Gasteiger partial charge in [0.25, 0.3) is 0 Å². The van der Waals surface area contributed by atoms with E-state index in [1.807, 2.05) is 0 Å². The van der Waals surface area contributed by atoms with Crippen LogP contribution in [-0.4, -0.2) is 13.1 Å². The quantitative estimate of drug-likeness (QED) is 0.443. The van der Waals surface area contributed by atoms with Gasteiger partial charge in [0.15, 0.2) is 0 Å². The molecule has 0 aliphatic heterocycles. The Morgan fingerprint density at radius 3 is 2.17 bits per heavy atom. The molecule has 0 fully saturated rings. The lowest BCUT2D eigenvalue weighted by Crippen LogP contribution is -2.22. The van der Waals surface area contributed by atoms with Crippen LogP contribution < -0.4 is 16.8 Å². The molecule has 0 saturated heterocycles. The average molecular weight is 255 g/mol. The second-order valence-electron chi connectivity index (χ2n) is 4.99. The van der Waals surface area contributed by atoms with Crippen LogP contribution in [0, 0.1) is 0 Å². The molecule has 108 valence electrons. The molecule has 3 nitrogen and oxygen atoms in total. The standard InChI is InChI=1S/C15H33N3/c1-2-3-4-5-6-7-8-9-10-12-15(17)18-14-11-13-16/h12,18H,2-11,13-14,16-17H2,1H3/b15-12-. The zero-order valence-electron chi connectivity index (χ0n) is 12.2. The summed E-state index contributed by atoms with van der Waals surface area (Å²) >= 11 is 0. The van der Waals surface area contributed by atoms with Crippen LogP contribution in [0.15, 0.2) is 11.9 Å². The molecule has 0 aliphatic rings. The summed E-state index contributed by atoms with van der Waals surface area (Å²) in [6.07, 6.45) is 15.1. The van der Waals surface area contributed by atoms with Gasteiger partial charge in [-0.05, 0) is 31.9 Å². The highest BCUT2D eigenvalue weighted by Crippen LogP contribution is 2.09.